The van der Waals surface area contributed by atoms with Crippen molar-refractivity contribution in [3.05, 3.63) is 58.7 Å². The molecule has 56 heavy (non-hydrogen) atoms. The van der Waals surface area contributed by atoms with Crippen molar-refractivity contribution < 1.29 is 109 Å². The highest BCUT2D eigenvalue weighted by molar-refractivity contribution is 6.08. The molecule has 294 valence electrons. The highest BCUT2D eigenvalue weighted by atomic mass is 16.7. The molecular weight excluding hydrogens is 760 g/mol. The van der Waals surface area contributed by atoms with Gasteiger partial charge in [-0.2, -0.15) is 0 Å². The molecule has 4 aromatic carbocycles. The van der Waals surface area contributed by atoms with Crippen LogP contribution in [0.1, 0.15) is 41.4 Å². The number of aliphatic hydroxyl groups is 1. The number of carbonyl (C=O) groups excluding carboxylic acids is 4. The SMILES string of the molecule is O=C(O[C@@H]1[C@@H](OC(=O)c2cc(O)c(O)c(O)c2)[C@@H](O)O[C@@H]2COC(=O)c3cc(O)c(O)c(O)c3-c3c(cc(O)c(O)c3O)C(=O)O[C@@H]12)c1cc(O)c(O)c(O)c1. The van der Waals surface area contributed by atoms with E-state index in [1.807, 2.05) is 0 Å². The summed E-state index contributed by atoms with van der Waals surface area (Å²) in [7, 11) is 0. The minimum Gasteiger partial charge on any atom is -0.504 e. The van der Waals surface area contributed by atoms with E-state index >= 15 is 0 Å². The number of phenols is 12. The molecule has 22 nitrogen and oxygen atoms in total. The van der Waals surface area contributed by atoms with Gasteiger partial charge in [0.05, 0.1) is 22.3 Å². The largest absolute Gasteiger partial charge is 0.504 e. The molecule has 0 saturated carbocycles. The van der Waals surface area contributed by atoms with Crippen molar-refractivity contribution in [3.8, 4) is 80.1 Å². The molecule has 2 aliphatic heterocycles. The number of fused-ring (bicyclic) bond motifs is 4. The number of cyclic esters (lactones) is 1. The summed E-state index contributed by atoms with van der Waals surface area (Å²) in [5, 5.41) is 133. The molecule has 5 atom stereocenters. The van der Waals surface area contributed by atoms with Crippen LogP contribution in [0.4, 0.5) is 0 Å². The number of aromatic hydroxyl groups is 12. The van der Waals surface area contributed by atoms with Crippen LogP contribution in [0.5, 0.6) is 69.0 Å². The van der Waals surface area contributed by atoms with E-state index in [9.17, 15) is 85.6 Å². The quantitative estimate of drug-likeness (QED) is 0.0768. The second-order valence-corrected chi connectivity index (χ2v) is 12.0. The summed E-state index contributed by atoms with van der Waals surface area (Å²) >= 11 is 0. The van der Waals surface area contributed by atoms with Crippen LogP contribution in [0, 0.1) is 0 Å². The predicted octanol–water partition coefficient (Wildman–Crippen LogP) is 0.685. The van der Waals surface area contributed by atoms with E-state index in [1.165, 1.54) is 0 Å². The molecule has 1 fully saturated rings. The molecule has 0 aliphatic carbocycles. The lowest BCUT2D eigenvalue weighted by molar-refractivity contribution is -0.284. The fourth-order valence-electron chi connectivity index (χ4n) is 5.80. The molecule has 0 unspecified atom stereocenters. The van der Waals surface area contributed by atoms with Crippen LogP contribution >= 0.6 is 0 Å². The lowest BCUT2D eigenvalue weighted by Gasteiger charge is -2.42. The van der Waals surface area contributed by atoms with E-state index in [1.54, 1.807) is 0 Å². The smallest absolute Gasteiger partial charge is 0.339 e. The average molecular weight is 787 g/mol. The maximum Gasteiger partial charge on any atom is 0.339 e. The zero-order valence-electron chi connectivity index (χ0n) is 27.5. The minimum atomic E-state index is -2.42. The van der Waals surface area contributed by atoms with E-state index in [-0.39, 0.29) is 0 Å². The maximum atomic E-state index is 14.0. The summed E-state index contributed by atoms with van der Waals surface area (Å²) in [5.74, 6) is -20.2. The van der Waals surface area contributed by atoms with Gasteiger partial charge >= 0.3 is 23.9 Å². The molecule has 0 bridgehead atoms. The normalized spacial score (nSPS) is 20.6. The Hall–Kier alpha value is -7.72. The van der Waals surface area contributed by atoms with E-state index in [0.717, 1.165) is 0 Å². The van der Waals surface area contributed by atoms with Crippen molar-refractivity contribution in [3.63, 3.8) is 0 Å². The Kier molecular flexibility index (Phi) is 9.45. The molecule has 13 N–H and O–H groups in total. The molecule has 0 radical (unpaired) electrons. The molecular formula is C34H26O22. The first-order valence-corrected chi connectivity index (χ1v) is 15.5. The van der Waals surface area contributed by atoms with Gasteiger partial charge in [0.25, 0.3) is 0 Å². The van der Waals surface area contributed by atoms with Crippen molar-refractivity contribution >= 4 is 23.9 Å². The average Bonchev–Trinajstić information content (AvgIpc) is 3.16. The molecule has 4 aromatic rings. The highest BCUT2D eigenvalue weighted by Gasteiger charge is 2.53. The second-order valence-electron chi connectivity index (χ2n) is 12.0. The van der Waals surface area contributed by atoms with E-state index < -0.39 is 164 Å². The molecule has 0 spiro atoms. The summed E-state index contributed by atoms with van der Waals surface area (Å²) < 4.78 is 27.0. The van der Waals surface area contributed by atoms with Crippen LogP contribution in [-0.4, -0.2) is 128 Å². The van der Waals surface area contributed by atoms with Crippen LogP contribution in [0.15, 0.2) is 36.4 Å². The van der Waals surface area contributed by atoms with Crippen LogP contribution < -0.4 is 0 Å². The molecule has 1 saturated heterocycles. The van der Waals surface area contributed by atoms with Crippen LogP contribution in [0.2, 0.25) is 0 Å². The van der Waals surface area contributed by atoms with Gasteiger partial charge in [-0.15, -0.1) is 0 Å². The molecule has 22 heteroatoms. The molecule has 2 aliphatic rings. The minimum absolute atomic E-state index is 0.459. The third-order valence-corrected chi connectivity index (χ3v) is 8.53. The van der Waals surface area contributed by atoms with Crippen molar-refractivity contribution in [1.82, 2.24) is 0 Å². The van der Waals surface area contributed by atoms with Gasteiger partial charge in [-0.3, -0.25) is 0 Å². The number of hydrogen-bond donors (Lipinski definition) is 13. The molecule has 2 heterocycles. The Balaban J connectivity index is 1.51. The van der Waals surface area contributed by atoms with Gasteiger partial charge in [-0.05, 0) is 36.4 Å². The van der Waals surface area contributed by atoms with Crippen molar-refractivity contribution in [2.24, 2.45) is 0 Å². The second kappa shape index (κ2) is 13.9. The zero-order valence-corrected chi connectivity index (χ0v) is 27.5. The van der Waals surface area contributed by atoms with Crippen LogP contribution in [-0.2, 0) is 23.7 Å². The number of esters is 4. The number of hydrogen-bond acceptors (Lipinski definition) is 22. The summed E-state index contributed by atoms with van der Waals surface area (Å²) in [6.07, 6.45) is -11.2. The van der Waals surface area contributed by atoms with Gasteiger partial charge in [0.1, 0.15) is 12.7 Å². The van der Waals surface area contributed by atoms with E-state index in [4.69, 9.17) is 23.7 Å². The number of benzene rings is 4. The Morgan fingerprint density at radius 3 is 1.38 bits per heavy atom. The first-order chi connectivity index (χ1) is 26.3. The van der Waals surface area contributed by atoms with Crippen molar-refractivity contribution in [2.75, 3.05) is 6.61 Å². The Bertz CT molecular complexity index is 2290. The Labute approximate surface area is 309 Å². The van der Waals surface area contributed by atoms with Gasteiger partial charge in [0.15, 0.2) is 82.1 Å². The standard InChI is InChI=1S/C34H26O22/c35-12-1-8(2-13(36)21(12)41)30(47)55-28-27-18(53-34(51)29(28)56-31(48)9-3-14(37)22(42)15(38)4-9)7-52-32(49)10-5-16(39)23(43)25(45)19(10)20-11(33(50)54-27)6-17(40)24(44)26(20)46/h1-6,18,27-29,34-46,51H,7H2/t18-,27-,28+,29-,34+/m1/s1. The van der Waals surface area contributed by atoms with Gasteiger partial charge < -0.3 is 90.1 Å². The lowest BCUT2D eigenvalue weighted by Crippen LogP contribution is -2.62. The number of ether oxygens (including phenoxy) is 5. The van der Waals surface area contributed by atoms with Gasteiger partial charge in [-0.1, -0.05) is 0 Å². The third-order valence-electron chi connectivity index (χ3n) is 8.53. The summed E-state index contributed by atoms with van der Waals surface area (Å²) in [4.78, 5) is 54.3. The van der Waals surface area contributed by atoms with Gasteiger partial charge in [0.2, 0.25) is 11.5 Å². The number of phenolic OH excluding ortho intramolecular Hbond substituents is 12. The highest BCUT2D eigenvalue weighted by Crippen LogP contribution is 2.53. The van der Waals surface area contributed by atoms with Crippen LogP contribution in [0.25, 0.3) is 11.1 Å². The third kappa shape index (κ3) is 6.45. The van der Waals surface area contributed by atoms with Crippen molar-refractivity contribution in [1.29, 1.82) is 0 Å². The monoisotopic (exact) mass is 786 g/mol. The van der Waals surface area contributed by atoms with E-state index in [2.05, 4.69) is 0 Å². The molecule has 0 amide bonds. The summed E-state index contributed by atoms with van der Waals surface area (Å²) in [6, 6.07) is 3.41. The van der Waals surface area contributed by atoms with Crippen molar-refractivity contribution in [2.45, 2.75) is 30.7 Å². The Morgan fingerprint density at radius 2 is 0.929 bits per heavy atom. The molecule has 0 aromatic heterocycles. The summed E-state index contributed by atoms with van der Waals surface area (Å²) in [5.41, 5.74) is -5.28. The van der Waals surface area contributed by atoms with Crippen LogP contribution in [0.3, 0.4) is 0 Å². The number of rotatable bonds is 4. The van der Waals surface area contributed by atoms with Gasteiger partial charge in [0, 0.05) is 11.1 Å². The predicted molar refractivity (Wildman–Crippen MR) is 174 cm³/mol. The Morgan fingerprint density at radius 1 is 0.536 bits per heavy atom. The van der Waals surface area contributed by atoms with E-state index in [0.29, 0.717) is 36.4 Å². The maximum absolute atomic E-state index is 14.0. The first kappa shape index (κ1) is 38.0. The van der Waals surface area contributed by atoms with Gasteiger partial charge in [-0.25, -0.2) is 19.2 Å². The topological polar surface area (TPSA) is 377 Å². The fourth-order valence-corrected chi connectivity index (χ4v) is 5.80. The number of aliphatic hydroxyl groups excluding tert-OH is 1. The number of carbonyl (C=O) groups is 4. The molecule has 6 rings (SSSR count). The fraction of sp³-hybridized carbons (Fsp3) is 0.176. The first-order valence-electron chi connectivity index (χ1n) is 15.5. The lowest BCUT2D eigenvalue weighted by atomic mass is 9.92. The zero-order chi connectivity index (χ0) is 41.1. The summed E-state index contributed by atoms with van der Waals surface area (Å²) in [6.45, 7) is -1.09.